The number of aromatic nitrogens is 2. The van der Waals surface area contributed by atoms with Crippen LogP contribution >= 0.6 is 11.6 Å². The van der Waals surface area contributed by atoms with E-state index in [0.717, 1.165) is 37.3 Å². The molecule has 3 rings (SSSR count). The van der Waals surface area contributed by atoms with Gasteiger partial charge < -0.3 is 16.0 Å². The van der Waals surface area contributed by atoms with Gasteiger partial charge in [-0.25, -0.2) is 4.98 Å². The number of nitrogens with two attached hydrogens (primary N) is 1. The SMILES string of the molecule is NC(=O)c1cc(Cl)cc2[nH]c(C3CCNCC3)nc12. The normalized spacial score (nSPS) is 16.9. The van der Waals surface area contributed by atoms with Crippen molar-refractivity contribution in [3.63, 3.8) is 0 Å². The molecule has 1 saturated heterocycles. The number of carbonyl (C=O) groups is 1. The molecule has 5 nitrogen and oxygen atoms in total. The minimum Gasteiger partial charge on any atom is -0.366 e. The predicted molar refractivity (Wildman–Crippen MR) is 74.5 cm³/mol. The lowest BCUT2D eigenvalue weighted by Crippen LogP contribution is -2.27. The van der Waals surface area contributed by atoms with Gasteiger partial charge >= 0.3 is 0 Å². The lowest BCUT2D eigenvalue weighted by Gasteiger charge is -2.20. The molecule has 0 spiro atoms. The molecule has 1 amide bonds. The number of rotatable bonds is 2. The number of hydrogen-bond acceptors (Lipinski definition) is 3. The topological polar surface area (TPSA) is 83.8 Å². The molecule has 0 saturated carbocycles. The van der Waals surface area contributed by atoms with E-state index in [9.17, 15) is 4.79 Å². The van der Waals surface area contributed by atoms with Gasteiger partial charge in [0.2, 0.25) is 0 Å². The van der Waals surface area contributed by atoms with Crippen LogP contribution in [0, 0.1) is 0 Å². The van der Waals surface area contributed by atoms with Crippen LogP contribution in [-0.4, -0.2) is 29.0 Å². The molecule has 1 fully saturated rings. The van der Waals surface area contributed by atoms with Gasteiger partial charge in [0.15, 0.2) is 0 Å². The standard InChI is InChI=1S/C13H15ClN4O/c14-8-5-9(12(15)19)11-10(6-8)17-13(18-11)7-1-3-16-4-2-7/h5-7,16H,1-4H2,(H2,15,19)(H,17,18). The molecule has 0 radical (unpaired) electrons. The summed E-state index contributed by atoms with van der Waals surface area (Å²) in [6.45, 7) is 1.98. The average molecular weight is 279 g/mol. The van der Waals surface area contributed by atoms with Crippen LogP contribution in [0.2, 0.25) is 5.02 Å². The van der Waals surface area contributed by atoms with E-state index in [1.807, 2.05) is 0 Å². The van der Waals surface area contributed by atoms with E-state index in [1.54, 1.807) is 12.1 Å². The first-order valence-electron chi connectivity index (χ1n) is 6.35. The Balaban J connectivity index is 2.09. The fraction of sp³-hybridized carbons (Fsp3) is 0.385. The van der Waals surface area contributed by atoms with E-state index < -0.39 is 5.91 Å². The molecule has 0 aliphatic carbocycles. The summed E-state index contributed by atoms with van der Waals surface area (Å²) in [6.07, 6.45) is 2.08. The number of benzene rings is 1. The van der Waals surface area contributed by atoms with Crippen LogP contribution in [0.25, 0.3) is 11.0 Å². The zero-order chi connectivity index (χ0) is 13.4. The molecule has 2 aromatic rings. The molecule has 1 aromatic heterocycles. The molecule has 1 aliphatic heterocycles. The highest BCUT2D eigenvalue weighted by atomic mass is 35.5. The van der Waals surface area contributed by atoms with Gasteiger partial charge in [0.05, 0.1) is 11.1 Å². The summed E-state index contributed by atoms with van der Waals surface area (Å²) in [5.74, 6) is 0.810. The Morgan fingerprint density at radius 3 is 2.79 bits per heavy atom. The second-order valence-corrected chi connectivity index (χ2v) is 5.30. The van der Waals surface area contributed by atoms with Crippen molar-refractivity contribution >= 4 is 28.5 Å². The maximum absolute atomic E-state index is 11.5. The molecular weight excluding hydrogens is 264 g/mol. The maximum Gasteiger partial charge on any atom is 0.251 e. The van der Waals surface area contributed by atoms with Gasteiger partial charge in [-0.3, -0.25) is 4.79 Å². The highest BCUT2D eigenvalue weighted by Gasteiger charge is 2.20. The Morgan fingerprint density at radius 2 is 2.11 bits per heavy atom. The zero-order valence-corrected chi connectivity index (χ0v) is 11.1. The van der Waals surface area contributed by atoms with Crippen LogP contribution in [0.15, 0.2) is 12.1 Å². The molecule has 0 unspecified atom stereocenters. The quantitative estimate of drug-likeness (QED) is 0.783. The molecule has 4 N–H and O–H groups in total. The third-order valence-corrected chi connectivity index (χ3v) is 3.78. The van der Waals surface area contributed by atoms with Gasteiger partial charge in [0.1, 0.15) is 11.3 Å². The molecule has 6 heteroatoms. The van der Waals surface area contributed by atoms with Gasteiger partial charge in [-0.05, 0) is 38.1 Å². The van der Waals surface area contributed by atoms with Crippen molar-refractivity contribution in [1.82, 2.24) is 15.3 Å². The van der Waals surface area contributed by atoms with Crippen molar-refractivity contribution in [3.8, 4) is 0 Å². The minimum atomic E-state index is -0.504. The predicted octanol–water partition coefficient (Wildman–Crippen LogP) is 1.78. The highest BCUT2D eigenvalue weighted by Crippen LogP contribution is 2.28. The van der Waals surface area contributed by atoms with E-state index in [1.165, 1.54) is 0 Å². The number of nitrogens with zero attached hydrogens (tertiary/aromatic N) is 1. The van der Waals surface area contributed by atoms with Crippen LogP contribution in [0.1, 0.15) is 34.9 Å². The lowest BCUT2D eigenvalue weighted by molar-refractivity contribution is 0.100. The molecule has 19 heavy (non-hydrogen) atoms. The number of carbonyl (C=O) groups excluding carboxylic acids is 1. The van der Waals surface area contributed by atoms with E-state index in [-0.39, 0.29) is 0 Å². The maximum atomic E-state index is 11.5. The summed E-state index contributed by atoms with van der Waals surface area (Å²) >= 11 is 6.00. The number of aromatic amines is 1. The second-order valence-electron chi connectivity index (χ2n) is 4.86. The molecule has 0 atom stereocenters. The third kappa shape index (κ3) is 2.31. The number of amides is 1. The van der Waals surface area contributed by atoms with Gasteiger partial charge in [0.25, 0.3) is 5.91 Å². The van der Waals surface area contributed by atoms with E-state index >= 15 is 0 Å². The van der Waals surface area contributed by atoms with E-state index in [4.69, 9.17) is 17.3 Å². The zero-order valence-electron chi connectivity index (χ0n) is 10.4. The van der Waals surface area contributed by atoms with Crippen molar-refractivity contribution < 1.29 is 4.79 Å². The van der Waals surface area contributed by atoms with Gasteiger partial charge in [-0.2, -0.15) is 0 Å². The Bertz CT molecular complexity index is 631. The van der Waals surface area contributed by atoms with Crippen LogP contribution in [0.5, 0.6) is 0 Å². The number of hydrogen-bond donors (Lipinski definition) is 3. The molecular formula is C13H15ClN4O. The molecule has 100 valence electrons. The number of piperidine rings is 1. The number of imidazole rings is 1. The van der Waals surface area contributed by atoms with Gasteiger partial charge in [-0.15, -0.1) is 0 Å². The van der Waals surface area contributed by atoms with Crippen molar-refractivity contribution in [2.45, 2.75) is 18.8 Å². The van der Waals surface area contributed by atoms with Crippen molar-refractivity contribution in [1.29, 1.82) is 0 Å². The Labute approximate surface area is 115 Å². The summed E-state index contributed by atoms with van der Waals surface area (Å²) in [5, 5.41) is 3.81. The van der Waals surface area contributed by atoms with Crippen LogP contribution in [0.4, 0.5) is 0 Å². The Kier molecular flexibility index (Phi) is 3.16. The number of nitrogens with one attached hydrogen (secondary N) is 2. The summed E-state index contributed by atoms with van der Waals surface area (Å²) in [7, 11) is 0. The first-order valence-corrected chi connectivity index (χ1v) is 6.72. The first kappa shape index (κ1) is 12.4. The smallest absolute Gasteiger partial charge is 0.251 e. The van der Waals surface area contributed by atoms with Crippen molar-refractivity contribution in [3.05, 3.63) is 28.5 Å². The second kappa shape index (κ2) is 4.83. The van der Waals surface area contributed by atoms with E-state index in [0.29, 0.717) is 22.0 Å². The van der Waals surface area contributed by atoms with Crippen LogP contribution in [-0.2, 0) is 0 Å². The van der Waals surface area contributed by atoms with Gasteiger partial charge in [0, 0.05) is 10.9 Å². The number of primary amides is 1. The number of H-pyrrole nitrogens is 1. The van der Waals surface area contributed by atoms with Gasteiger partial charge in [-0.1, -0.05) is 11.6 Å². The lowest BCUT2D eigenvalue weighted by atomic mass is 9.98. The molecule has 0 bridgehead atoms. The minimum absolute atomic E-state index is 0.374. The van der Waals surface area contributed by atoms with Crippen LogP contribution in [0.3, 0.4) is 0 Å². The number of fused-ring (bicyclic) bond motifs is 1. The average Bonchev–Trinajstić information content (AvgIpc) is 2.82. The number of halogens is 1. The molecule has 1 aliphatic rings. The molecule has 1 aromatic carbocycles. The fourth-order valence-corrected chi connectivity index (χ4v) is 2.80. The summed E-state index contributed by atoms with van der Waals surface area (Å²) in [6, 6.07) is 3.35. The largest absolute Gasteiger partial charge is 0.366 e. The van der Waals surface area contributed by atoms with Crippen LogP contribution < -0.4 is 11.1 Å². The first-order chi connectivity index (χ1) is 9.15. The summed E-state index contributed by atoms with van der Waals surface area (Å²) in [4.78, 5) is 19.3. The Hall–Kier alpha value is -1.59. The Morgan fingerprint density at radius 1 is 1.37 bits per heavy atom. The van der Waals surface area contributed by atoms with Crippen molar-refractivity contribution in [2.75, 3.05) is 13.1 Å². The summed E-state index contributed by atoms with van der Waals surface area (Å²) < 4.78 is 0. The molecule has 2 heterocycles. The van der Waals surface area contributed by atoms with E-state index in [2.05, 4.69) is 15.3 Å². The monoisotopic (exact) mass is 278 g/mol. The third-order valence-electron chi connectivity index (χ3n) is 3.56. The summed E-state index contributed by atoms with van der Waals surface area (Å²) in [5.41, 5.74) is 7.14. The van der Waals surface area contributed by atoms with Crippen molar-refractivity contribution in [2.24, 2.45) is 5.73 Å². The fourth-order valence-electron chi connectivity index (χ4n) is 2.58. The highest BCUT2D eigenvalue weighted by molar-refractivity contribution is 6.32.